The van der Waals surface area contributed by atoms with Crippen LogP contribution in [0.4, 0.5) is 0 Å². The lowest BCUT2D eigenvalue weighted by atomic mass is 10.1. The van der Waals surface area contributed by atoms with Gasteiger partial charge < -0.3 is 10.2 Å². The average molecular weight is 305 g/mol. The van der Waals surface area contributed by atoms with E-state index in [0.717, 1.165) is 12.2 Å². The standard InChI is InChI=1S/C15H23N5O2/c1-10(2)19-5-6-20(13(9-19)14(21)16-4)15(22)12-8-17-11(3)7-18-12/h7-8,10,13H,5-6,9H2,1-4H3,(H,16,21)/t13-/m0/s1. The molecule has 0 unspecified atom stereocenters. The Hall–Kier alpha value is -2.02. The largest absolute Gasteiger partial charge is 0.357 e. The fourth-order valence-electron chi connectivity index (χ4n) is 2.56. The second kappa shape index (κ2) is 6.83. The summed E-state index contributed by atoms with van der Waals surface area (Å²) in [6.07, 6.45) is 3.03. The highest BCUT2D eigenvalue weighted by Crippen LogP contribution is 2.15. The average Bonchev–Trinajstić information content (AvgIpc) is 2.53. The first-order valence-corrected chi connectivity index (χ1v) is 7.49. The van der Waals surface area contributed by atoms with E-state index in [1.165, 1.54) is 6.20 Å². The van der Waals surface area contributed by atoms with Gasteiger partial charge in [0.15, 0.2) is 0 Å². The van der Waals surface area contributed by atoms with E-state index >= 15 is 0 Å². The molecule has 7 nitrogen and oxygen atoms in total. The van der Waals surface area contributed by atoms with Gasteiger partial charge in [-0.2, -0.15) is 0 Å². The van der Waals surface area contributed by atoms with Crippen molar-refractivity contribution in [2.75, 3.05) is 26.7 Å². The summed E-state index contributed by atoms with van der Waals surface area (Å²) in [4.78, 5) is 36.8. The van der Waals surface area contributed by atoms with E-state index in [4.69, 9.17) is 0 Å². The highest BCUT2D eigenvalue weighted by molar-refractivity contribution is 5.96. The highest BCUT2D eigenvalue weighted by atomic mass is 16.2. The summed E-state index contributed by atoms with van der Waals surface area (Å²) in [7, 11) is 1.59. The van der Waals surface area contributed by atoms with Crippen LogP contribution in [0.5, 0.6) is 0 Å². The molecular formula is C15H23N5O2. The Bertz CT molecular complexity index is 543. The molecule has 0 spiro atoms. The van der Waals surface area contributed by atoms with Crippen LogP contribution in [0.3, 0.4) is 0 Å². The Labute approximate surface area is 130 Å². The van der Waals surface area contributed by atoms with Crippen molar-refractivity contribution in [2.24, 2.45) is 0 Å². The molecule has 1 aliphatic heterocycles. The van der Waals surface area contributed by atoms with Crippen molar-refractivity contribution in [1.29, 1.82) is 0 Å². The summed E-state index contributed by atoms with van der Waals surface area (Å²) in [6, 6.07) is -0.166. The molecule has 1 aromatic rings. The second-order valence-electron chi connectivity index (χ2n) is 5.76. The number of likely N-dealkylation sites (N-methyl/N-ethyl adjacent to an activating group) is 1. The summed E-state index contributed by atoms with van der Waals surface area (Å²) in [5.74, 6) is -0.400. The minimum atomic E-state index is -0.503. The van der Waals surface area contributed by atoms with Crippen LogP contribution in [0.1, 0.15) is 30.0 Å². The second-order valence-corrected chi connectivity index (χ2v) is 5.76. The molecule has 22 heavy (non-hydrogen) atoms. The number of aromatic nitrogens is 2. The van der Waals surface area contributed by atoms with Crippen molar-refractivity contribution in [3.63, 3.8) is 0 Å². The summed E-state index contributed by atoms with van der Waals surface area (Å²) in [5.41, 5.74) is 1.03. The zero-order valence-electron chi connectivity index (χ0n) is 13.5. The summed E-state index contributed by atoms with van der Waals surface area (Å²) in [6.45, 7) is 7.77. The van der Waals surface area contributed by atoms with E-state index in [1.54, 1.807) is 18.1 Å². The van der Waals surface area contributed by atoms with Gasteiger partial charge in [0, 0.05) is 38.9 Å². The molecule has 2 amide bonds. The monoisotopic (exact) mass is 305 g/mol. The quantitative estimate of drug-likeness (QED) is 0.855. The van der Waals surface area contributed by atoms with E-state index in [-0.39, 0.29) is 17.5 Å². The molecule has 1 saturated heterocycles. The smallest absolute Gasteiger partial charge is 0.274 e. The van der Waals surface area contributed by atoms with Gasteiger partial charge in [-0.15, -0.1) is 0 Å². The normalized spacial score (nSPS) is 19.3. The number of carbonyl (C=O) groups excluding carboxylic acids is 2. The fourth-order valence-corrected chi connectivity index (χ4v) is 2.56. The zero-order chi connectivity index (χ0) is 16.3. The maximum atomic E-state index is 12.6. The van der Waals surface area contributed by atoms with Gasteiger partial charge in [0.2, 0.25) is 5.91 Å². The van der Waals surface area contributed by atoms with E-state index in [9.17, 15) is 9.59 Å². The molecule has 2 rings (SSSR count). The van der Waals surface area contributed by atoms with Crippen molar-refractivity contribution >= 4 is 11.8 Å². The molecule has 120 valence electrons. The van der Waals surface area contributed by atoms with E-state index in [1.807, 2.05) is 6.92 Å². The zero-order valence-corrected chi connectivity index (χ0v) is 13.5. The number of hydrogen-bond acceptors (Lipinski definition) is 5. The lowest BCUT2D eigenvalue weighted by Crippen LogP contribution is -2.61. The lowest BCUT2D eigenvalue weighted by molar-refractivity contribution is -0.127. The number of piperazine rings is 1. The van der Waals surface area contributed by atoms with Gasteiger partial charge in [-0.3, -0.25) is 19.5 Å². The van der Waals surface area contributed by atoms with Gasteiger partial charge >= 0.3 is 0 Å². The first-order chi connectivity index (χ1) is 10.4. The minimum absolute atomic E-state index is 0.154. The van der Waals surface area contributed by atoms with Crippen molar-refractivity contribution in [3.8, 4) is 0 Å². The molecule has 1 aliphatic rings. The summed E-state index contributed by atoms with van der Waals surface area (Å²) in [5, 5.41) is 2.64. The van der Waals surface area contributed by atoms with Gasteiger partial charge in [0.1, 0.15) is 11.7 Å². The first-order valence-electron chi connectivity index (χ1n) is 7.49. The molecule has 1 fully saturated rings. The van der Waals surface area contributed by atoms with Crippen LogP contribution in [0.2, 0.25) is 0 Å². The predicted octanol–water partition coefficient (Wildman–Crippen LogP) is 0.0658. The number of nitrogens with zero attached hydrogens (tertiary/aromatic N) is 4. The molecule has 2 heterocycles. The van der Waals surface area contributed by atoms with Crippen LogP contribution in [-0.2, 0) is 4.79 Å². The topological polar surface area (TPSA) is 78.4 Å². The van der Waals surface area contributed by atoms with Gasteiger partial charge in [-0.1, -0.05) is 0 Å². The van der Waals surface area contributed by atoms with Gasteiger partial charge in [0.05, 0.1) is 11.9 Å². The third kappa shape index (κ3) is 3.41. The molecule has 0 saturated carbocycles. The van der Waals surface area contributed by atoms with Crippen LogP contribution in [0.15, 0.2) is 12.4 Å². The third-order valence-electron chi connectivity index (χ3n) is 3.95. The molecule has 0 radical (unpaired) electrons. The predicted molar refractivity (Wildman–Crippen MR) is 82.4 cm³/mol. The maximum Gasteiger partial charge on any atom is 0.274 e. The molecule has 1 aromatic heterocycles. The van der Waals surface area contributed by atoms with E-state index in [2.05, 4.69) is 34.0 Å². The Morgan fingerprint density at radius 1 is 1.27 bits per heavy atom. The van der Waals surface area contributed by atoms with Crippen LogP contribution >= 0.6 is 0 Å². The van der Waals surface area contributed by atoms with Crippen LogP contribution in [0.25, 0.3) is 0 Å². The number of nitrogens with one attached hydrogen (secondary N) is 1. The Kier molecular flexibility index (Phi) is 5.07. The van der Waals surface area contributed by atoms with Crippen molar-refractivity contribution in [3.05, 3.63) is 23.8 Å². The van der Waals surface area contributed by atoms with Crippen LogP contribution in [-0.4, -0.2) is 70.3 Å². The van der Waals surface area contributed by atoms with E-state index in [0.29, 0.717) is 19.1 Å². The lowest BCUT2D eigenvalue weighted by Gasteiger charge is -2.41. The SMILES string of the molecule is CNC(=O)[C@@H]1CN(C(C)C)CCN1C(=O)c1cnc(C)cn1. The van der Waals surface area contributed by atoms with Gasteiger partial charge in [-0.05, 0) is 20.8 Å². The fraction of sp³-hybridized carbons (Fsp3) is 0.600. The van der Waals surface area contributed by atoms with Gasteiger partial charge in [-0.25, -0.2) is 4.98 Å². The Balaban J connectivity index is 2.21. The Morgan fingerprint density at radius 2 is 2.00 bits per heavy atom. The van der Waals surface area contributed by atoms with Gasteiger partial charge in [0.25, 0.3) is 5.91 Å². The van der Waals surface area contributed by atoms with Crippen molar-refractivity contribution < 1.29 is 9.59 Å². The molecule has 0 aromatic carbocycles. The number of aryl methyl sites for hydroxylation is 1. The number of amides is 2. The maximum absolute atomic E-state index is 12.6. The molecule has 1 atom stereocenters. The summed E-state index contributed by atoms with van der Waals surface area (Å²) >= 11 is 0. The molecule has 0 bridgehead atoms. The molecular weight excluding hydrogens is 282 g/mol. The van der Waals surface area contributed by atoms with E-state index < -0.39 is 6.04 Å². The van der Waals surface area contributed by atoms with Crippen molar-refractivity contribution in [2.45, 2.75) is 32.9 Å². The highest BCUT2D eigenvalue weighted by Gasteiger charge is 2.36. The molecule has 7 heteroatoms. The van der Waals surface area contributed by atoms with Crippen molar-refractivity contribution in [1.82, 2.24) is 25.1 Å². The Morgan fingerprint density at radius 3 is 2.55 bits per heavy atom. The van der Waals surface area contributed by atoms with Crippen LogP contribution in [0, 0.1) is 6.92 Å². The number of rotatable bonds is 3. The first kappa shape index (κ1) is 16.4. The molecule has 0 aliphatic carbocycles. The van der Waals surface area contributed by atoms with Crippen LogP contribution < -0.4 is 5.32 Å². The minimum Gasteiger partial charge on any atom is -0.357 e. The number of hydrogen-bond donors (Lipinski definition) is 1. The third-order valence-corrected chi connectivity index (χ3v) is 3.95. The number of carbonyl (C=O) groups is 2. The summed E-state index contributed by atoms with van der Waals surface area (Å²) < 4.78 is 0. The molecule has 1 N–H and O–H groups in total.